The number of amidine groups is 1. The fourth-order valence-electron chi connectivity index (χ4n) is 1.70. The summed E-state index contributed by atoms with van der Waals surface area (Å²) in [5.41, 5.74) is 5.40. The van der Waals surface area contributed by atoms with Crippen molar-refractivity contribution in [2.75, 3.05) is 13.7 Å². The van der Waals surface area contributed by atoms with Gasteiger partial charge in [-0.3, -0.25) is 4.79 Å². The van der Waals surface area contributed by atoms with Crippen molar-refractivity contribution >= 4 is 11.7 Å². The Labute approximate surface area is 95.0 Å². The van der Waals surface area contributed by atoms with E-state index in [0.717, 1.165) is 12.8 Å². The Morgan fingerprint density at radius 3 is 2.94 bits per heavy atom. The molecule has 0 bridgehead atoms. The maximum Gasteiger partial charge on any atom is 0.251 e. The van der Waals surface area contributed by atoms with E-state index in [9.17, 15) is 4.79 Å². The number of hydrogen-bond donors (Lipinski definition) is 2. The normalized spacial score (nSPS) is 23.1. The second-order valence-electron chi connectivity index (χ2n) is 4.10. The van der Waals surface area contributed by atoms with E-state index < -0.39 is 0 Å². The van der Waals surface area contributed by atoms with Crippen LogP contribution in [-0.2, 0) is 9.53 Å². The number of rotatable bonds is 4. The zero-order valence-corrected chi connectivity index (χ0v) is 9.72. The number of nitrogens with two attached hydrogens (primary N) is 1. The van der Waals surface area contributed by atoms with Crippen LogP contribution < -0.4 is 5.73 Å². The summed E-state index contributed by atoms with van der Waals surface area (Å²) in [7, 11) is 1.71. The summed E-state index contributed by atoms with van der Waals surface area (Å²) in [6.07, 6.45) is 1.74. The first-order valence-corrected chi connectivity index (χ1v) is 5.41. The molecule has 0 aromatic rings. The first-order chi connectivity index (χ1) is 7.56. The average molecular weight is 229 g/mol. The first kappa shape index (κ1) is 12.8. The standard InChI is InChI=1S/C10H19N3O3/c1-7(6-9(11)12-15)13(2)10(14)8-4-3-5-16-8/h7-8,15H,3-6H2,1-2H3,(H2,11,12). The lowest BCUT2D eigenvalue weighted by molar-refractivity contribution is -0.141. The highest BCUT2D eigenvalue weighted by Gasteiger charge is 2.28. The van der Waals surface area contributed by atoms with Crippen molar-refractivity contribution in [3.8, 4) is 0 Å². The molecule has 16 heavy (non-hydrogen) atoms. The van der Waals surface area contributed by atoms with Crippen LogP contribution in [0.5, 0.6) is 0 Å². The lowest BCUT2D eigenvalue weighted by atomic mass is 10.1. The number of ether oxygens (including phenoxy) is 1. The summed E-state index contributed by atoms with van der Waals surface area (Å²) < 4.78 is 5.32. The predicted octanol–water partition coefficient (Wildman–Crippen LogP) is 0.149. The SMILES string of the molecule is CC(CC(N)=NO)N(C)C(=O)C1CCCO1. The number of likely N-dealkylation sites (N-methyl/N-ethyl adjacent to an activating group) is 1. The fraction of sp³-hybridized carbons (Fsp3) is 0.800. The lowest BCUT2D eigenvalue weighted by Crippen LogP contribution is -2.43. The van der Waals surface area contributed by atoms with Crippen LogP contribution in [0.4, 0.5) is 0 Å². The fourth-order valence-corrected chi connectivity index (χ4v) is 1.70. The number of carbonyl (C=O) groups is 1. The number of amides is 1. The van der Waals surface area contributed by atoms with Gasteiger partial charge < -0.3 is 20.6 Å². The third kappa shape index (κ3) is 3.10. The van der Waals surface area contributed by atoms with Gasteiger partial charge in [0.25, 0.3) is 5.91 Å². The van der Waals surface area contributed by atoms with Gasteiger partial charge in [-0.15, -0.1) is 0 Å². The summed E-state index contributed by atoms with van der Waals surface area (Å²) in [5, 5.41) is 11.3. The summed E-state index contributed by atoms with van der Waals surface area (Å²) in [6, 6.07) is -0.104. The van der Waals surface area contributed by atoms with Crippen molar-refractivity contribution in [2.45, 2.75) is 38.3 Å². The Bertz CT molecular complexity index is 274. The zero-order chi connectivity index (χ0) is 12.1. The molecule has 1 saturated heterocycles. The maximum absolute atomic E-state index is 11.9. The molecule has 2 atom stereocenters. The molecular formula is C10H19N3O3. The second-order valence-corrected chi connectivity index (χ2v) is 4.10. The molecule has 6 heteroatoms. The van der Waals surface area contributed by atoms with E-state index in [1.807, 2.05) is 6.92 Å². The minimum absolute atomic E-state index is 0.0317. The molecule has 0 spiro atoms. The quantitative estimate of drug-likeness (QED) is 0.311. The Balaban J connectivity index is 2.48. The molecule has 1 aliphatic rings. The van der Waals surface area contributed by atoms with Crippen molar-refractivity contribution in [2.24, 2.45) is 10.9 Å². The topological polar surface area (TPSA) is 88.2 Å². The van der Waals surface area contributed by atoms with Gasteiger partial charge in [0.15, 0.2) is 0 Å². The molecule has 1 heterocycles. The summed E-state index contributed by atoms with van der Waals surface area (Å²) >= 11 is 0. The van der Waals surface area contributed by atoms with Crippen LogP contribution in [0.2, 0.25) is 0 Å². The Morgan fingerprint density at radius 1 is 1.75 bits per heavy atom. The minimum atomic E-state index is -0.320. The molecule has 1 fully saturated rings. The van der Waals surface area contributed by atoms with Crippen LogP contribution in [-0.4, -0.2) is 47.7 Å². The van der Waals surface area contributed by atoms with E-state index in [4.69, 9.17) is 15.7 Å². The molecule has 0 radical (unpaired) electrons. The lowest BCUT2D eigenvalue weighted by Gasteiger charge is -2.26. The van der Waals surface area contributed by atoms with Crippen LogP contribution in [0.3, 0.4) is 0 Å². The molecule has 2 unspecified atom stereocenters. The van der Waals surface area contributed by atoms with Crippen molar-refractivity contribution in [3.05, 3.63) is 0 Å². The Hall–Kier alpha value is -1.30. The number of carbonyl (C=O) groups excluding carboxylic acids is 1. The Morgan fingerprint density at radius 2 is 2.44 bits per heavy atom. The van der Waals surface area contributed by atoms with Crippen molar-refractivity contribution in [1.82, 2.24) is 4.90 Å². The molecule has 1 aliphatic heterocycles. The highest BCUT2D eigenvalue weighted by Crippen LogP contribution is 2.15. The van der Waals surface area contributed by atoms with Gasteiger partial charge in [-0.1, -0.05) is 5.16 Å². The van der Waals surface area contributed by atoms with Gasteiger partial charge in [-0.2, -0.15) is 0 Å². The van der Waals surface area contributed by atoms with E-state index in [1.165, 1.54) is 0 Å². The second kappa shape index (κ2) is 5.69. The molecule has 92 valence electrons. The van der Waals surface area contributed by atoms with Gasteiger partial charge in [-0.05, 0) is 19.8 Å². The van der Waals surface area contributed by atoms with Gasteiger partial charge in [0.2, 0.25) is 0 Å². The van der Waals surface area contributed by atoms with Crippen LogP contribution in [0.15, 0.2) is 5.16 Å². The van der Waals surface area contributed by atoms with E-state index in [1.54, 1.807) is 11.9 Å². The van der Waals surface area contributed by atoms with Gasteiger partial charge >= 0.3 is 0 Å². The van der Waals surface area contributed by atoms with E-state index in [0.29, 0.717) is 13.0 Å². The smallest absolute Gasteiger partial charge is 0.251 e. The summed E-state index contributed by atoms with van der Waals surface area (Å²) in [5.74, 6) is 0.0928. The molecule has 6 nitrogen and oxygen atoms in total. The number of hydrogen-bond acceptors (Lipinski definition) is 4. The number of nitrogens with zero attached hydrogens (tertiary/aromatic N) is 2. The number of oxime groups is 1. The van der Waals surface area contributed by atoms with Crippen LogP contribution in [0.25, 0.3) is 0 Å². The molecule has 0 aliphatic carbocycles. The maximum atomic E-state index is 11.9. The molecular weight excluding hydrogens is 210 g/mol. The largest absolute Gasteiger partial charge is 0.409 e. The monoisotopic (exact) mass is 229 g/mol. The highest BCUT2D eigenvalue weighted by atomic mass is 16.5. The van der Waals surface area contributed by atoms with Crippen LogP contribution >= 0.6 is 0 Å². The average Bonchev–Trinajstić information content (AvgIpc) is 2.80. The molecule has 0 aromatic carbocycles. The molecule has 0 aromatic heterocycles. The van der Waals surface area contributed by atoms with E-state index in [-0.39, 0.29) is 23.9 Å². The van der Waals surface area contributed by atoms with Gasteiger partial charge in [-0.25, -0.2) is 0 Å². The van der Waals surface area contributed by atoms with Crippen LogP contribution in [0, 0.1) is 0 Å². The highest BCUT2D eigenvalue weighted by molar-refractivity contribution is 5.83. The predicted molar refractivity (Wildman–Crippen MR) is 59.2 cm³/mol. The van der Waals surface area contributed by atoms with Gasteiger partial charge in [0, 0.05) is 26.1 Å². The zero-order valence-electron chi connectivity index (χ0n) is 9.72. The molecule has 0 saturated carbocycles. The van der Waals surface area contributed by atoms with E-state index >= 15 is 0 Å². The molecule has 3 N–H and O–H groups in total. The third-order valence-electron chi connectivity index (χ3n) is 2.85. The Kier molecular flexibility index (Phi) is 4.54. The van der Waals surface area contributed by atoms with Crippen molar-refractivity contribution in [3.63, 3.8) is 0 Å². The van der Waals surface area contributed by atoms with E-state index in [2.05, 4.69) is 5.16 Å². The molecule has 1 amide bonds. The van der Waals surface area contributed by atoms with Crippen molar-refractivity contribution < 1.29 is 14.7 Å². The van der Waals surface area contributed by atoms with Crippen molar-refractivity contribution in [1.29, 1.82) is 0 Å². The summed E-state index contributed by atoms with van der Waals surface area (Å²) in [4.78, 5) is 13.5. The minimum Gasteiger partial charge on any atom is -0.409 e. The first-order valence-electron chi connectivity index (χ1n) is 5.41. The van der Waals surface area contributed by atoms with Gasteiger partial charge in [0.1, 0.15) is 11.9 Å². The van der Waals surface area contributed by atoms with Crippen LogP contribution in [0.1, 0.15) is 26.2 Å². The van der Waals surface area contributed by atoms with Gasteiger partial charge in [0.05, 0.1) is 0 Å². The summed E-state index contributed by atoms with van der Waals surface area (Å²) in [6.45, 7) is 2.50. The molecule has 1 rings (SSSR count). The third-order valence-corrected chi connectivity index (χ3v) is 2.85.